The van der Waals surface area contributed by atoms with Crippen LogP contribution in [0.3, 0.4) is 0 Å². The van der Waals surface area contributed by atoms with Gasteiger partial charge in [0.15, 0.2) is 6.61 Å². The minimum Gasteiger partial charge on any atom is -0.507 e. The van der Waals surface area contributed by atoms with Crippen molar-refractivity contribution < 1.29 is 19.4 Å². The number of rotatable bonds is 3. The van der Waals surface area contributed by atoms with Gasteiger partial charge in [0.05, 0.1) is 0 Å². The molecule has 1 aromatic rings. The highest BCUT2D eigenvalue weighted by molar-refractivity contribution is 5.93. The molecule has 0 unspecified atom stereocenters. The number of amides is 1. The van der Waals surface area contributed by atoms with Crippen molar-refractivity contribution in [2.75, 3.05) is 19.7 Å². The Morgan fingerprint density at radius 1 is 1.27 bits per heavy atom. The highest BCUT2D eigenvalue weighted by atomic mass is 16.5. The summed E-state index contributed by atoms with van der Waals surface area (Å²) in [6.45, 7) is 7.17. The summed E-state index contributed by atoms with van der Waals surface area (Å²) in [4.78, 5) is 25.8. The molecule has 0 aromatic heterocycles. The van der Waals surface area contributed by atoms with E-state index in [0.29, 0.717) is 24.9 Å². The Hall–Kier alpha value is -2.04. The fraction of sp³-hybridized carbons (Fsp3) is 0.529. The van der Waals surface area contributed by atoms with E-state index in [2.05, 4.69) is 13.8 Å². The van der Waals surface area contributed by atoms with Gasteiger partial charge in [-0.25, -0.2) is 4.79 Å². The molecule has 1 heterocycles. The first-order valence-corrected chi connectivity index (χ1v) is 7.61. The zero-order valence-electron chi connectivity index (χ0n) is 13.3. The van der Waals surface area contributed by atoms with Crippen molar-refractivity contribution in [2.24, 2.45) is 11.8 Å². The van der Waals surface area contributed by atoms with E-state index in [0.717, 1.165) is 12.0 Å². The molecule has 0 saturated carbocycles. The van der Waals surface area contributed by atoms with Crippen molar-refractivity contribution in [3.8, 4) is 5.75 Å². The molecule has 0 bridgehead atoms. The second-order valence-corrected chi connectivity index (χ2v) is 6.34. The quantitative estimate of drug-likeness (QED) is 0.871. The lowest BCUT2D eigenvalue weighted by Gasteiger charge is -2.34. The Kier molecular flexibility index (Phi) is 5.06. The summed E-state index contributed by atoms with van der Waals surface area (Å²) in [5, 5.41) is 9.75. The van der Waals surface area contributed by atoms with Gasteiger partial charge in [-0.15, -0.1) is 0 Å². The van der Waals surface area contributed by atoms with Crippen LogP contribution in [0.1, 0.15) is 36.2 Å². The van der Waals surface area contributed by atoms with Crippen LogP contribution in [0.15, 0.2) is 18.2 Å². The Morgan fingerprint density at radius 3 is 2.50 bits per heavy atom. The van der Waals surface area contributed by atoms with Crippen LogP contribution >= 0.6 is 0 Å². The van der Waals surface area contributed by atoms with Crippen LogP contribution in [-0.4, -0.2) is 41.6 Å². The molecule has 0 aliphatic carbocycles. The first kappa shape index (κ1) is 16.3. The van der Waals surface area contributed by atoms with Crippen LogP contribution in [0.4, 0.5) is 0 Å². The Bertz CT molecular complexity index is 560. The lowest BCUT2D eigenvalue weighted by Crippen LogP contribution is -2.44. The number of carbonyl (C=O) groups is 2. The van der Waals surface area contributed by atoms with Crippen LogP contribution in [0.25, 0.3) is 0 Å². The van der Waals surface area contributed by atoms with E-state index in [9.17, 15) is 14.7 Å². The van der Waals surface area contributed by atoms with Gasteiger partial charge in [-0.05, 0) is 42.9 Å². The molecule has 1 saturated heterocycles. The number of aryl methyl sites for hydroxylation is 1. The molecular formula is C17H23NO4. The fourth-order valence-corrected chi connectivity index (χ4v) is 2.98. The number of esters is 1. The third-order valence-corrected chi connectivity index (χ3v) is 3.92. The standard InChI is InChI=1S/C17H23NO4/c1-11-4-5-14(15(19)7-11)17(21)22-10-16(20)18-8-12(2)6-13(3)9-18/h4-5,7,12-13,19H,6,8-10H2,1-3H3/t12-,13-/m0/s1. The summed E-state index contributed by atoms with van der Waals surface area (Å²) in [7, 11) is 0. The van der Waals surface area contributed by atoms with Gasteiger partial charge in [-0.2, -0.15) is 0 Å². The average Bonchev–Trinajstić information content (AvgIpc) is 2.43. The largest absolute Gasteiger partial charge is 0.507 e. The Morgan fingerprint density at radius 2 is 1.91 bits per heavy atom. The number of benzene rings is 1. The lowest BCUT2D eigenvalue weighted by molar-refractivity contribution is -0.137. The number of piperidine rings is 1. The van der Waals surface area contributed by atoms with Gasteiger partial charge in [0.1, 0.15) is 11.3 Å². The molecule has 1 amide bonds. The number of carbonyl (C=O) groups excluding carboxylic acids is 2. The number of hydrogen-bond acceptors (Lipinski definition) is 4. The van der Waals surface area contributed by atoms with E-state index in [1.807, 2.05) is 6.92 Å². The van der Waals surface area contributed by atoms with Gasteiger partial charge in [-0.1, -0.05) is 19.9 Å². The summed E-state index contributed by atoms with van der Waals surface area (Å²) in [5.74, 6) is -0.0611. The monoisotopic (exact) mass is 305 g/mol. The van der Waals surface area contributed by atoms with E-state index in [-0.39, 0.29) is 23.8 Å². The summed E-state index contributed by atoms with van der Waals surface area (Å²) in [6, 6.07) is 4.71. The maximum atomic E-state index is 12.2. The molecule has 22 heavy (non-hydrogen) atoms. The minimum absolute atomic E-state index is 0.0822. The molecule has 1 aliphatic rings. The van der Waals surface area contributed by atoms with Crippen LogP contribution in [0, 0.1) is 18.8 Å². The van der Waals surface area contributed by atoms with Crippen molar-refractivity contribution >= 4 is 11.9 Å². The van der Waals surface area contributed by atoms with Crippen LogP contribution in [-0.2, 0) is 9.53 Å². The van der Waals surface area contributed by atoms with Gasteiger partial charge < -0.3 is 14.7 Å². The predicted molar refractivity (Wildman–Crippen MR) is 82.7 cm³/mol. The van der Waals surface area contributed by atoms with Crippen LogP contribution in [0.2, 0.25) is 0 Å². The van der Waals surface area contributed by atoms with Crippen LogP contribution in [0.5, 0.6) is 5.75 Å². The fourth-order valence-electron chi connectivity index (χ4n) is 2.98. The maximum absolute atomic E-state index is 12.2. The van der Waals surface area contributed by atoms with Gasteiger partial charge >= 0.3 is 5.97 Å². The van der Waals surface area contributed by atoms with Crippen molar-refractivity contribution in [1.82, 2.24) is 4.90 Å². The summed E-state index contributed by atoms with van der Waals surface area (Å²) in [6.07, 6.45) is 1.11. The maximum Gasteiger partial charge on any atom is 0.342 e. The number of phenols is 1. The van der Waals surface area contributed by atoms with E-state index in [1.165, 1.54) is 12.1 Å². The Balaban J connectivity index is 1.91. The zero-order chi connectivity index (χ0) is 16.3. The molecule has 0 radical (unpaired) electrons. The van der Waals surface area contributed by atoms with Crippen molar-refractivity contribution in [3.63, 3.8) is 0 Å². The third kappa shape index (κ3) is 4.00. The molecule has 1 N–H and O–H groups in total. The summed E-state index contributed by atoms with van der Waals surface area (Å²) in [5.41, 5.74) is 0.931. The molecule has 0 spiro atoms. The third-order valence-electron chi connectivity index (χ3n) is 3.92. The number of ether oxygens (including phenoxy) is 1. The van der Waals surface area contributed by atoms with Crippen LogP contribution < -0.4 is 0 Å². The summed E-state index contributed by atoms with van der Waals surface area (Å²) >= 11 is 0. The molecule has 5 nitrogen and oxygen atoms in total. The molecule has 1 aliphatic heterocycles. The molecular weight excluding hydrogens is 282 g/mol. The van der Waals surface area contributed by atoms with Crippen molar-refractivity contribution in [3.05, 3.63) is 29.3 Å². The van der Waals surface area contributed by atoms with Crippen molar-refractivity contribution in [2.45, 2.75) is 27.2 Å². The minimum atomic E-state index is -0.677. The van der Waals surface area contributed by atoms with Gasteiger partial charge in [0.2, 0.25) is 0 Å². The number of aromatic hydroxyl groups is 1. The Labute approximate surface area is 130 Å². The van der Waals surface area contributed by atoms with E-state index in [4.69, 9.17) is 4.74 Å². The SMILES string of the molecule is Cc1ccc(C(=O)OCC(=O)N2C[C@@H](C)C[C@H](C)C2)c(O)c1. The number of nitrogens with zero attached hydrogens (tertiary/aromatic N) is 1. The molecule has 5 heteroatoms. The first-order chi connectivity index (χ1) is 10.4. The normalized spacial score (nSPS) is 21.5. The second-order valence-electron chi connectivity index (χ2n) is 6.34. The predicted octanol–water partition coefficient (Wildman–Crippen LogP) is 2.36. The first-order valence-electron chi connectivity index (χ1n) is 7.61. The molecule has 1 aromatic carbocycles. The molecule has 120 valence electrons. The molecule has 2 rings (SSSR count). The molecule has 1 fully saturated rings. The van der Waals surface area contributed by atoms with Gasteiger partial charge in [0.25, 0.3) is 5.91 Å². The number of phenolic OH excluding ortho intramolecular Hbond substituents is 1. The zero-order valence-corrected chi connectivity index (χ0v) is 13.3. The topological polar surface area (TPSA) is 66.8 Å². The van der Waals surface area contributed by atoms with Gasteiger partial charge in [-0.3, -0.25) is 4.79 Å². The number of likely N-dealkylation sites (tertiary alicyclic amines) is 1. The second kappa shape index (κ2) is 6.81. The van der Waals surface area contributed by atoms with E-state index in [1.54, 1.807) is 11.0 Å². The average molecular weight is 305 g/mol. The highest BCUT2D eigenvalue weighted by Gasteiger charge is 2.26. The van der Waals surface area contributed by atoms with E-state index < -0.39 is 5.97 Å². The van der Waals surface area contributed by atoms with Crippen molar-refractivity contribution in [1.29, 1.82) is 0 Å². The molecule has 2 atom stereocenters. The van der Waals surface area contributed by atoms with E-state index >= 15 is 0 Å². The summed E-state index contributed by atoms with van der Waals surface area (Å²) < 4.78 is 5.04. The lowest BCUT2D eigenvalue weighted by atomic mass is 9.92. The highest BCUT2D eigenvalue weighted by Crippen LogP contribution is 2.22. The smallest absolute Gasteiger partial charge is 0.342 e. The number of hydrogen-bond donors (Lipinski definition) is 1. The van der Waals surface area contributed by atoms with Gasteiger partial charge in [0, 0.05) is 13.1 Å².